The van der Waals surface area contributed by atoms with Gasteiger partial charge in [-0.1, -0.05) is 18.2 Å². The SMILES string of the molecule is CC1CC(c2ccc3c(c2)CCC3)N1. The summed E-state index contributed by atoms with van der Waals surface area (Å²) in [4.78, 5) is 0. The number of hydrogen-bond acceptors (Lipinski definition) is 1. The largest absolute Gasteiger partial charge is 0.307 e. The molecule has 0 aromatic heterocycles. The summed E-state index contributed by atoms with van der Waals surface area (Å²) >= 11 is 0. The molecule has 1 heterocycles. The van der Waals surface area contributed by atoms with E-state index in [9.17, 15) is 0 Å². The molecule has 1 heteroatoms. The zero-order valence-corrected chi connectivity index (χ0v) is 8.72. The van der Waals surface area contributed by atoms with Gasteiger partial charge in [0.2, 0.25) is 0 Å². The fraction of sp³-hybridized carbons (Fsp3) is 0.538. The van der Waals surface area contributed by atoms with E-state index in [1.807, 2.05) is 0 Å². The van der Waals surface area contributed by atoms with Gasteiger partial charge in [0, 0.05) is 12.1 Å². The predicted octanol–water partition coefficient (Wildman–Crippen LogP) is 2.60. The Kier molecular flexibility index (Phi) is 1.88. The van der Waals surface area contributed by atoms with Crippen molar-refractivity contribution >= 4 is 0 Å². The van der Waals surface area contributed by atoms with Crippen LogP contribution in [0.3, 0.4) is 0 Å². The van der Waals surface area contributed by atoms with Gasteiger partial charge >= 0.3 is 0 Å². The summed E-state index contributed by atoms with van der Waals surface area (Å²) in [6.45, 7) is 2.25. The minimum atomic E-state index is 0.635. The lowest BCUT2D eigenvalue weighted by Crippen LogP contribution is -2.43. The molecule has 0 saturated carbocycles. The molecule has 2 atom stereocenters. The molecule has 74 valence electrons. The van der Waals surface area contributed by atoms with E-state index in [4.69, 9.17) is 0 Å². The lowest BCUT2D eigenvalue weighted by molar-refractivity contribution is 0.287. The molecule has 14 heavy (non-hydrogen) atoms. The van der Waals surface area contributed by atoms with E-state index in [0.29, 0.717) is 12.1 Å². The smallest absolute Gasteiger partial charge is 0.0337 e. The maximum Gasteiger partial charge on any atom is 0.0337 e. The van der Waals surface area contributed by atoms with E-state index in [0.717, 1.165) is 0 Å². The molecule has 0 amide bonds. The summed E-state index contributed by atoms with van der Waals surface area (Å²) in [6, 6.07) is 8.42. The Labute approximate surface area is 85.5 Å². The van der Waals surface area contributed by atoms with Gasteiger partial charge in [-0.3, -0.25) is 0 Å². The highest BCUT2D eigenvalue weighted by atomic mass is 15.0. The third-order valence-electron chi connectivity index (χ3n) is 3.60. The van der Waals surface area contributed by atoms with Crippen LogP contribution in [0.5, 0.6) is 0 Å². The van der Waals surface area contributed by atoms with Crippen molar-refractivity contribution in [1.29, 1.82) is 0 Å². The van der Waals surface area contributed by atoms with Crippen molar-refractivity contribution in [3.8, 4) is 0 Å². The van der Waals surface area contributed by atoms with Gasteiger partial charge in [0.1, 0.15) is 0 Å². The van der Waals surface area contributed by atoms with Gasteiger partial charge in [-0.15, -0.1) is 0 Å². The lowest BCUT2D eigenvalue weighted by atomic mass is 9.90. The molecule has 0 spiro atoms. The van der Waals surface area contributed by atoms with Crippen LogP contribution < -0.4 is 5.32 Å². The third-order valence-corrected chi connectivity index (χ3v) is 3.60. The van der Waals surface area contributed by atoms with Crippen LogP contribution in [-0.2, 0) is 12.8 Å². The van der Waals surface area contributed by atoms with Gasteiger partial charge in [-0.25, -0.2) is 0 Å². The van der Waals surface area contributed by atoms with Crippen LogP contribution in [-0.4, -0.2) is 6.04 Å². The molecule has 1 N–H and O–H groups in total. The number of rotatable bonds is 1. The summed E-state index contributed by atoms with van der Waals surface area (Å²) < 4.78 is 0. The summed E-state index contributed by atoms with van der Waals surface area (Å²) in [6.07, 6.45) is 5.25. The Hall–Kier alpha value is -0.820. The van der Waals surface area contributed by atoms with Gasteiger partial charge in [-0.05, 0) is 49.3 Å². The third kappa shape index (κ3) is 1.27. The Morgan fingerprint density at radius 2 is 2.00 bits per heavy atom. The summed E-state index contributed by atoms with van der Waals surface area (Å²) in [5.74, 6) is 0. The average Bonchev–Trinajstić information content (AvgIpc) is 2.59. The first-order chi connectivity index (χ1) is 6.83. The summed E-state index contributed by atoms with van der Waals surface area (Å²) in [5.41, 5.74) is 4.69. The van der Waals surface area contributed by atoms with E-state index < -0.39 is 0 Å². The van der Waals surface area contributed by atoms with E-state index in [2.05, 4.69) is 30.4 Å². The highest BCUT2D eigenvalue weighted by Gasteiger charge is 2.26. The van der Waals surface area contributed by atoms with Crippen molar-refractivity contribution < 1.29 is 0 Å². The maximum atomic E-state index is 3.55. The standard InChI is InChI=1S/C13H17N/c1-9-7-13(14-9)12-6-5-10-3-2-4-11(10)8-12/h5-6,8-9,13-14H,2-4,7H2,1H3. The second-order valence-corrected chi connectivity index (χ2v) is 4.74. The van der Waals surface area contributed by atoms with E-state index in [1.165, 1.54) is 31.2 Å². The quantitative estimate of drug-likeness (QED) is 0.712. The zero-order valence-electron chi connectivity index (χ0n) is 8.72. The second-order valence-electron chi connectivity index (χ2n) is 4.74. The molecule has 1 saturated heterocycles. The highest BCUT2D eigenvalue weighted by Crippen LogP contribution is 2.31. The van der Waals surface area contributed by atoms with Crippen LogP contribution in [0.1, 0.15) is 42.5 Å². The number of hydrogen-bond donors (Lipinski definition) is 1. The Balaban J connectivity index is 1.86. The highest BCUT2D eigenvalue weighted by molar-refractivity contribution is 5.37. The van der Waals surface area contributed by atoms with Crippen molar-refractivity contribution in [1.82, 2.24) is 5.32 Å². The second kappa shape index (κ2) is 3.09. The Morgan fingerprint density at radius 3 is 2.79 bits per heavy atom. The molecule has 1 fully saturated rings. The van der Waals surface area contributed by atoms with Crippen LogP contribution in [0.4, 0.5) is 0 Å². The van der Waals surface area contributed by atoms with Gasteiger partial charge in [-0.2, -0.15) is 0 Å². The number of nitrogens with one attached hydrogen (secondary N) is 1. The number of aryl methyl sites for hydroxylation is 2. The molecule has 1 aromatic rings. The molecular formula is C13H17N. The molecule has 2 aliphatic rings. The van der Waals surface area contributed by atoms with Crippen LogP contribution >= 0.6 is 0 Å². The fourth-order valence-electron chi connectivity index (χ4n) is 2.71. The van der Waals surface area contributed by atoms with E-state index >= 15 is 0 Å². The molecule has 1 aliphatic heterocycles. The average molecular weight is 187 g/mol. The Morgan fingerprint density at radius 1 is 1.21 bits per heavy atom. The summed E-state index contributed by atoms with van der Waals surface area (Å²) in [7, 11) is 0. The monoisotopic (exact) mass is 187 g/mol. The van der Waals surface area contributed by atoms with Crippen molar-refractivity contribution in [2.45, 2.75) is 44.7 Å². The molecular weight excluding hydrogens is 170 g/mol. The first kappa shape index (κ1) is 8.49. The Bertz CT molecular complexity index is 350. The summed E-state index contributed by atoms with van der Waals surface area (Å²) in [5, 5.41) is 3.55. The van der Waals surface area contributed by atoms with Crippen molar-refractivity contribution in [3.63, 3.8) is 0 Å². The number of benzene rings is 1. The normalized spacial score (nSPS) is 29.8. The van der Waals surface area contributed by atoms with Crippen LogP contribution in [0.15, 0.2) is 18.2 Å². The topological polar surface area (TPSA) is 12.0 Å². The molecule has 0 bridgehead atoms. The molecule has 2 unspecified atom stereocenters. The fourth-order valence-corrected chi connectivity index (χ4v) is 2.71. The van der Waals surface area contributed by atoms with Gasteiger partial charge in [0.15, 0.2) is 0 Å². The van der Waals surface area contributed by atoms with E-state index in [-0.39, 0.29) is 0 Å². The van der Waals surface area contributed by atoms with Gasteiger partial charge in [0.05, 0.1) is 0 Å². The zero-order chi connectivity index (χ0) is 9.54. The van der Waals surface area contributed by atoms with Crippen molar-refractivity contribution in [2.24, 2.45) is 0 Å². The first-order valence-corrected chi connectivity index (χ1v) is 5.71. The molecule has 1 aliphatic carbocycles. The van der Waals surface area contributed by atoms with Gasteiger partial charge < -0.3 is 5.32 Å². The van der Waals surface area contributed by atoms with Crippen LogP contribution in [0, 0.1) is 0 Å². The molecule has 3 rings (SSSR count). The molecule has 0 radical (unpaired) electrons. The number of fused-ring (bicyclic) bond motifs is 1. The van der Waals surface area contributed by atoms with E-state index in [1.54, 1.807) is 11.1 Å². The molecule has 1 aromatic carbocycles. The minimum Gasteiger partial charge on any atom is -0.307 e. The van der Waals surface area contributed by atoms with Gasteiger partial charge in [0.25, 0.3) is 0 Å². The molecule has 1 nitrogen and oxygen atoms in total. The maximum absolute atomic E-state index is 3.55. The lowest BCUT2D eigenvalue weighted by Gasteiger charge is -2.35. The van der Waals surface area contributed by atoms with Crippen LogP contribution in [0.2, 0.25) is 0 Å². The predicted molar refractivity (Wildman–Crippen MR) is 58.4 cm³/mol. The van der Waals surface area contributed by atoms with Crippen molar-refractivity contribution in [3.05, 3.63) is 34.9 Å². The van der Waals surface area contributed by atoms with Crippen molar-refractivity contribution in [2.75, 3.05) is 0 Å². The van der Waals surface area contributed by atoms with Crippen LogP contribution in [0.25, 0.3) is 0 Å². The first-order valence-electron chi connectivity index (χ1n) is 5.71. The minimum absolute atomic E-state index is 0.635.